The maximum absolute atomic E-state index is 12.7. The number of benzene rings is 2. The molecule has 2 aromatic carbocycles. The van der Waals surface area contributed by atoms with Gasteiger partial charge < -0.3 is 5.11 Å². The van der Waals surface area contributed by atoms with Crippen molar-refractivity contribution in [1.82, 2.24) is 0 Å². The minimum Gasteiger partial charge on any atom is -0.503 e. The zero-order chi connectivity index (χ0) is 15.0. The molecule has 1 N–H and O–H groups in total. The minimum absolute atomic E-state index is 0.290. The van der Waals surface area contributed by atoms with Crippen molar-refractivity contribution in [2.24, 2.45) is 0 Å². The summed E-state index contributed by atoms with van der Waals surface area (Å²) in [5.41, 5.74) is 0.682. The third-order valence-electron chi connectivity index (χ3n) is 3.42. The molecule has 0 radical (unpaired) electrons. The molecule has 5 heteroatoms. The lowest BCUT2D eigenvalue weighted by Gasteiger charge is -2.10. The molecule has 0 fully saturated rings. The highest BCUT2D eigenvalue weighted by molar-refractivity contribution is 8.02. The fourth-order valence-corrected chi connectivity index (χ4v) is 4.46. The van der Waals surface area contributed by atoms with Gasteiger partial charge in [-0.3, -0.25) is 4.79 Å². The molecule has 1 heterocycles. The van der Waals surface area contributed by atoms with Gasteiger partial charge in [0.15, 0.2) is 20.8 Å². The molecule has 106 valence electrons. The van der Waals surface area contributed by atoms with Crippen LogP contribution in [0.2, 0.25) is 0 Å². The zero-order valence-electron chi connectivity index (χ0n) is 10.9. The second-order valence-corrected chi connectivity index (χ2v) is 6.71. The van der Waals surface area contributed by atoms with Crippen LogP contribution in [0.4, 0.5) is 0 Å². The summed E-state index contributed by atoms with van der Waals surface area (Å²) in [6.45, 7) is 0. The average molecular weight is 300 g/mol. The van der Waals surface area contributed by atoms with Crippen LogP contribution in [0, 0.1) is 0 Å². The van der Waals surface area contributed by atoms with Crippen molar-refractivity contribution in [2.75, 3.05) is 0 Å². The van der Waals surface area contributed by atoms with Crippen LogP contribution in [-0.4, -0.2) is 19.3 Å². The standard InChI is InChI=1S/C16H12O4S/c17-13-14(18)16(12-9-5-2-6-10-12)21(19,20)15(13)11-7-3-1-4-8-11/h1-10,15,18H/t15-/m0/s1. The Hall–Kier alpha value is -2.40. The van der Waals surface area contributed by atoms with Gasteiger partial charge in [0.05, 0.1) is 0 Å². The lowest BCUT2D eigenvalue weighted by atomic mass is 10.1. The number of allylic oxidation sites excluding steroid dienone is 1. The van der Waals surface area contributed by atoms with Crippen LogP contribution in [0.15, 0.2) is 66.4 Å². The lowest BCUT2D eigenvalue weighted by molar-refractivity contribution is -0.117. The van der Waals surface area contributed by atoms with Gasteiger partial charge in [0, 0.05) is 0 Å². The second-order valence-electron chi connectivity index (χ2n) is 4.74. The molecule has 1 aliphatic rings. The van der Waals surface area contributed by atoms with E-state index in [9.17, 15) is 18.3 Å². The van der Waals surface area contributed by atoms with Crippen molar-refractivity contribution in [3.63, 3.8) is 0 Å². The third kappa shape index (κ3) is 2.06. The van der Waals surface area contributed by atoms with Crippen LogP contribution in [-0.2, 0) is 14.6 Å². The Kier molecular flexibility index (Phi) is 3.14. The number of carbonyl (C=O) groups excluding carboxylic acids is 1. The number of ketones is 1. The maximum Gasteiger partial charge on any atom is 0.221 e. The SMILES string of the molecule is O=C1C(O)=C(c2ccccc2)S(=O)(=O)[C@H]1c1ccccc1. The Labute approximate surface area is 122 Å². The number of aliphatic hydroxyl groups excluding tert-OH is 1. The van der Waals surface area contributed by atoms with Crippen molar-refractivity contribution in [3.8, 4) is 0 Å². The molecule has 21 heavy (non-hydrogen) atoms. The van der Waals surface area contributed by atoms with E-state index < -0.39 is 26.6 Å². The fourth-order valence-electron chi connectivity index (χ4n) is 2.48. The largest absolute Gasteiger partial charge is 0.503 e. The average Bonchev–Trinajstić information content (AvgIpc) is 2.66. The van der Waals surface area contributed by atoms with Crippen molar-refractivity contribution < 1.29 is 18.3 Å². The molecule has 1 atom stereocenters. The number of rotatable bonds is 2. The van der Waals surface area contributed by atoms with Crippen LogP contribution in [0.1, 0.15) is 16.4 Å². The molecule has 2 aromatic rings. The summed E-state index contributed by atoms with van der Waals surface area (Å²) < 4.78 is 25.4. The van der Waals surface area contributed by atoms with Crippen molar-refractivity contribution in [2.45, 2.75) is 5.25 Å². The zero-order valence-corrected chi connectivity index (χ0v) is 11.7. The number of hydrogen-bond acceptors (Lipinski definition) is 4. The molecule has 0 aliphatic carbocycles. The summed E-state index contributed by atoms with van der Waals surface area (Å²) in [5.74, 6) is -1.46. The molecule has 4 nitrogen and oxygen atoms in total. The summed E-state index contributed by atoms with van der Waals surface area (Å²) in [6.07, 6.45) is 0. The molecular weight excluding hydrogens is 288 g/mol. The van der Waals surface area contributed by atoms with Crippen LogP contribution < -0.4 is 0 Å². The monoisotopic (exact) mass is 300 g/mol. The number of aliphatic hydroxyl groups is 1. The summed E-state index contributed by atoms with van der Waals surface area (Å²) in [7, 11) is -3.95. The minimum atomic E-state index is -3.95. The molecule has 3 rings (SSSR count). The van der Waals surface area contributed by atoms with Crippen LogP contribution in [0.25, 0.3) is 4.91 Å². The third-order valence-corrected chi connectivity index (χ3v) is 5.52. The van der Waals surface area contributed by atoms with E-state index in [1.807, 2.05) is 0 Å². The van der Waals surface area contributed by atoms with Crippen LogP contribution in [0.3, 0.4) is 0 Å². The van der Waals surface area contributed by atoms with Gasteiger partial charge in [-0.1, -0.05) is 60.7 Å². The smallest absolute Gasteiger partial charge is 0.221 e. The van der Waals surface area contributed by atoms with Crippen LogP contribution >= 0.6 is 0 Å². The molecule has 0 amide bonds. The molecule has 0 bridgehead atoms. The molecule has 1 aliphatic heterocycles. The molecule has 0 aromatic heterocycles. The second kappa shape index (κ2) is 4.86. The fraction of sp³-hybridized carbons (Fsp3) is 0.0625. The summed E-state index contributed by atoms with van der Waals surface area (Å²) in [4.78, 5) is 11.9. The van der Waals surface area contributed by atoms with E-state index >= 15 is 0 Å². The molecule has 0 saturated carbocycles. The number of carbonyl (C=O) groups is 1. The Bertz CT molecular complexity index is 821. The molecule has 0 spiro atoms. The first-order valence-corrected chi connectivity index (χ1v) is 7.90. The predicted octanol–water partition coefficient (Wildman–Crippen LogP) is 2.65. The Morgan fingerprint density at radius 2 is 1.38 bits per heavy atom. The molecule has 0 saturated heterocycles. The number of Topliss-reactive ketones (excluding diaryl/α,β-unsaturated/α-hetero) is 1. The quantitative estimate of drug-likeness (QED) is 0.925. The van der Waals surface area contributed by atoms with Gasteiger partial charge in [0.2, 0.25) is 5.78 Å². The summed E-state index contributed by atoms with van der Waals surface area (Å²) in [5, 5.41) is 8.66. The van der Waals surface area contributed by atoms with Gasteiger partial charge in [0.25, 0.3) is 0 Å². The molecular formula is C16H12O4S. The van der Waals surface area contributed by atoms with Crippen molar-refractivity contribution in [1.29, 1.82) is 0 Å². The normalized spacial score (nSPS) is 20.8. The maximum atomic E-state index is 12.7. The molecule has 0 unspecified atom stereocenters. The first kappa shape index (κ1) is 13.6. The highest BCUT2D eigenvalue weighted by Crippen LogP contribution is 2.43. The highest BCUT2D eigenvalue weighted by Gasteiger charge is 2.48. The van der Waals surface area contributed by atoms with E-state index in [0.29, 0.717) is 11.1 Å². The first-order valence-electron chi connectivity index (χ1n) is 6.35. The van der Waals surface area contributed by atoms with Gasteiger partial charge in [-0.05, 0) is 11.1 Å². The van der Waals surface area contributed by atoms with E-state index in [2.05, 4.69) is 0 Å². The Morgan fingerprint density at radius 3 is 1.95 bits per heavy atom. The van der Waals surface area contributed by atoms with E-state index in [1.165, 1.54) is 0 Å². The van der Waals surface area contributed by atoms with E-state index in [4.69, 9.17) is 0 Å². The van der Waals surface area contributed by atoms with Crippen LogP contribution in [0.5, 0.6) is 0 Å². The van der Waals surface area contributed by atoms with Crippen molar-refractivity contribution in [3.05, 3.63) is 77.5 Å². The highest BCUT2D eigenvalue weighted by atomic mass is 32.2. The summed E-state index contributed by atoms with van der Waals surface area (Å²) >= 11 is 0. The first-order chi connectivity index (χ1) is 10.0. The Balaban J connectivity index is 2.19. The number of hydrogen-bond donors (Lipinski definition) is 1. The van der Waals surface area contributed by atoms with E-state index in [0.717, 1.165) is 0 Å². The van der Waals surface area contributed by atoms with Crippen molar-refractivity contribution >= 4 is 20.5 Å². The number of sulfone groups is 1. The van der Waals surface area contributed by atoms with Gasteiger partial charge in [-0.15, -0.1) is 0 Å². The van der Waals surface area contributed by atoms with E-state index in [1.54, 1.807) is 60.7 Å². The van der Waals surface area contributed by atoms with Gasteiger partial charge >= 0.3 is 0 Å². The van der Waals surface area contributed by atoms with E-state index in [-0.39, 0.29) is 4.91 Å². The Morgan fingerprint density at radius 1 is 0.857 bits per heavy atom. The van der Waals surface area contributed by atoms with Gasteiger partial charge in [-0.25, -0.2) is 8.42 Å². The predicted molar refractivity (Wildman–Crippen MR) is 79.1 cm³/mol. The topological polar surface area (TPSA) is 71.4 Å². The lowest BCUT2D eigenvalue weighted by Crippen LogP contribution is -2.15. The van der Waals surface area contributed by atoms with Gasteiger partial charge in [0.1, 0.15) is 4.91 Å². The summed E-state index contributed by atoms with van der Waals surface area (Å²) in [6, 6.07) is 16.4. The van der Waals surface area contributed by atoms with Gasteiger partial charge in [-0.2, -0.15) is 0 Å².